The first-order valence-corrected chi connectivity index (χ1v) is 10.4. The van der Waals surface area contributed by atoms with Crippen molar-refractivity contribution in [2.45, 2.75) is 32.9 Å². The molecule has 1 atom stereocenters. The molecule has 136 valence electrons. The van der Waals surface area contributed by atoms with Gasteiger partial charge in [0.1, 0.15) is 11.7 Å². The van der Waals surface area contributed by atoms with Crippen LogP contribution < -0.4 is 5.56 Å². The van der Waals surface area contributed by atoms with Crippen molar-refractivity contribution in [2.24, 2.45) is 0 Å². The molecule has 1 unspecified atom stereocenters. The molecule has 0 saturated carbocycles. The summed E-state index contributed by atoms with van der Waals surface area (Å²) in [5.41, 5.74) is 3.62. The SMILES string of the molecule is Cc1ccc(C)c(Cn2cnc3c(cnn3C3CCS(=O)(=O)C3)c2=O)c1. The molecule has 4 rings (SSSR count). The minimum absolute atomic E-state index is 0.0526. The van der Waals surface area contributed by atoms with E-state index in [1.165, 1.54) is 12.5 Å². The molecule has 3 aromatic rings. The van der Waals surface area contributed by atoms with Crippen molar-refractivity contribution in [1.29, 1.82) is 0 Å². The van der Waals surface area contributed by atoms with Gasteiger partial charge in [0.2, 0.25) is 0 Å². The molecule has 7 nitrogen and oxygen atoms in total. The number of aromatic nitrogens is 4. The number of sulfone groups is 1. The number of hydrogen-bond acceptors (Lipinski definition) is 5. The van der Waals surface area contributed by atoms with E-state index in [1.54, 1.807) is 9.25 Å². The Kier molecular flexibility index (Phi) is 3.95. The smallest absolute Gasteiger partial charge is 0.264 e. The van der Waals surface area contributed by atoms with Gasteiger partial charge in [0, 0.05) is 0 Å². The molecule has 0 N–H and O–H groups in total. The van der Waals surface area contributed by atoms with Crippen molar-refractivity contribution < 1.29 is 8.42 Å². The molecule has 1 fully saturated rings. The Labute approximate surface area is 151 Å². The third-order valence-corrected chi connectivity index (χ3v) is 6.73. The van der Waals surface area contributed by atoms with Gasteiger partial charge in [-0.05, 0) is 31.4 Å². The normalized spacial score (nSPS) is 19.2. The zero-order valence-corrected chi connectivity index (χ0v) is 15.5. The van der Waals surface area contributed by atoms with Gasteiger partial charge in [-0.2, -0.15) is 5.10 Å². The Morgan fingerprint density at radius 3 is 2.81 bits per heavy atom. The summed E-state index contributed by atoms with van der Waals surface area (Å²) in [7, 11) is -3.03. The van der Waals surface area contributed by atoms with Crippen LogP contribution in [0.1, 0.15) is 29.2 Å². The molecule has 1 saturated heterocycles. The molecular weight excluding hydrogens is 352 g/mol. The maximum Gasteiger partial charge on any atom is 0.264 e. The lowest BCUT2D eigenvalue weighted by molar-refractivity contribution is 0.511. The van der Waals surface area contributed by atoms with Crippen molar-refractivity contribution >= 4 is 20.9 Å². The zero-order chi connectivity index (χ0) is 18.5. The fraction of sp³-hybridized carbons (Fsp3) is 0.389. The van der Waals surface area contributed by atoms with Gasteiger partial charge in [-0.1, -0.05) is 23.8 Å². The Bertz CT molecular complexity index is 1160. The molecule has 0 aliphatic carbocycles. The van der Waals surface area contributed by atoms with Gasteiger partial charge in [-0.25, -0.2) is 18.1 Å². The second kappa shape index (κ2) is 6.05. The molecule has 1 aliphatic heterocycles. The number of fused-ring (bicyclic) bond motifs is 1. The number of benzene rings is 1. The zero-order valence-electron chi connectivity index (χ0n) is 14.7. The van der Waals surface area contributed by atoms with Gasteiger partial charge in [-0.3, -0.25) is 9.36 Å². The van der Waals surface area contributed by atoms with Crippen LogP contribution in [-0.4, -0.2) is 39.3 Å². The van der Waals surface area contributed by atoms with E-state index in [0.29, 0.717) is 24.0 Å². The lowest BCUT2D eigenvalue weighted by Gasteiger charge is -2.11. The topological polar surface area (TPSA) is 86.8 Å². The Balaban J connectivity index is 1.73. The molecule has 1 aliphatic rings. The molecular formula is C18H20N4O3S. The molecule has 0 amide bonds. The second-order valence-corrected chi connectivity index (χ2v) is 9.22. The van der Waals surface area contributed by atoms with E-state index in [0.717, 1.165) is 16.7 Å². The molecule has 0 radical (unpaired) electrons. The second-order valence-electron chi connectivity index (χ2n) is 6.99. The predicted octanol–water partition coefficient (Wildman–Crippen LogP) is 1.62. The van der Waals surface area contributed by atoms with Crippen molar-refractivity contribution in [3.63, 3.8) is 0 Å². The largest absolute Gasteiger partial charge is 0.294 e. The first-order chi connectivity index (χ1) is 12.3. The van der Waals surface area contributed by atoms with E-state index in [9.17, 15) is 13.2 Å². The monoisotopic (exact) mass is 372 g/mol. The van der Waals surface area contributed by atoms with E-state index in [4.69, 9.17) is 0 Å². The molecule has 8 heteroatoms. The summed E-state index contributed by atoms with van der Waals surface area (Å²) >= 11 is 0. The molecule has 1 aromatic carbocycles. The van der Waals surface area contributed by atoms with Crippen molar-refractivity contribution in [3.05, 3.63) is 57.8 Å². The van der Waals surface area contributed by atoms with Crippen LogP contribution >= 0.6 is 0 Å². The first kappa shape index (κ1) is 17.0. The highest BCUT2D eigenvalue weighted by Gasteiger charge is 2.31. The van der Waals surface area contributed by atoms with Gasteiger partial charge in [-0.15, -0.1) is 0 Å². The highest BCUT2D eigenvalue weighted by molar-refractivity contribution is 7.91. The third kappa shape index (κ3) is 2.94. The average molecular weight is 372 g/mol. The molecule has 2 aromatic heterocycles. The molecule has 26 heavy (non-hydrogen) atoms. The molecule has 0 bridgehead atoms. The summed E-state index contributed by atoms with van der Waals surface area (Å²) in [6.07, 6.45) is 3.52. The van der Waals surface area contributed by atoms with Crippen molar-refractivity contribution in [2.75, 3.05) is 11.5 Å². The minimum atomic E-state index is -3.03. The van der Waals surface area contributed by atoms with E-state index >= 15 is 0 Å². The van der Waals surface area contributed by atoms with Crippen LogP contribution in [0.25, 0.3) is 11.0 Å². The summed E-state index contributed by atoms with van der Waals surface area (Å²) in [4.78, 5) is 17.2. The Morgan fingerprint density at radius 1 is 1.27 bits per heavy atom. The quantitative estimate of drug-likeness (QED) is 0.697. The highest BCUT2D eigenvalue weighted by atomic mass is 32.2. The lowest BCUT2D eigenvalue weighted by atomic mass is 10.1. The molecule has 0 spiro atoms. The first-order valence-electron chi connectivity index (χ1n) is 8.53. The van der Waals surface area contributed by atoms with Gasteiger partial charge in [0.15, 0.2) is 15.5 Å². The maximum atomic E-state index is 12.8. The Hall–Kier alpha value is -2.48. The van der Waals surface area contributed by atoms with Crippen LogP contribution in [0.2, 0.25) is 0 Å². The summed E-state index contributed by atoms with van der Waals surface area (Å²) in [5, 5.41) is 4.68. The van der Waals surface area contributed by atoms with Crippen LogP contribution in [0, 0.1) is 13.8 Å². The van der Waals surface area contributed by atoms with Gasteiger partial charge in [0.25, 0.3) is 5.56 Å². The van der Waals surface area contributed by atoms with E-state index in [2.05, 4.69) is 16.1 Å². The molecule has 3 heterocycles. The van der Waals surface area contributed by atoms with Gasteiger partial charge >= 0.3 is 0 Å². The lowest BCUT2D eigenvalue weighted by Crippen LogP contribution is -2.22. The highest BCUT2D eigenvalue weighted by Crippen LogP contribution is 2.25. The van der Waals surface area contributed by atoms with Crippen LogP contribution in [0.15, 0.2) is 35.5 Å². The predicted molar refractivity (Wildman–Crippen MR) is 99.1 cm³/mol. The van der Waals surface area contributed by atoms with Crippen LogP contribution in [0.5, 0.6) is 0 Å². The Morgan fingerprint density at radius 2 is 2.08 bits per heavy atom. The fourth-order valence-electron chi connectivity index (χ4n) is 3.47. The van der Waals surface area contributed by atoms with Gasteiger partial charge in [0.05, 0.1) is 30.3 Å². The third-order valence-electron chi connectivity index (χ3n) is 4.98. The number of rotatable bonds is 3. The number of nitrogens with zero attached hydrogens (tertiary/aromatic N) is 4. The van der Waals surface area contributed by atoms with Crippen LogP contribution in [-0.2, 0) is 16.4 Å². The van der Waals surface area contributed by atoms with Crippen LogP contribution in [0.4, 0.5) is 0 Å². The summed E-state index contributed by atoms with van der Waals surface area (Å²) in [5.74, 6) is 0.208. The van der Waals surface area contributed by atoms with Crippen molar-refractivity contribution in [3.8, 4) is 0 Å². The summed E-state index contributed by atoms with van der Waals surface area (Å²) < 4.78 is 26.6. The van der Waals surface area contributed by atoms with Gasteiger partial charge < -0.3 is 0 Å². The summed E-state index contributed by atoms with van der Waals surface area (Å²) in [6, 6.07) is 5.90. The number of aryl methyl sites for hydroxylation is 2. The summed E-state index contributed by atoms with van der Waals surface area (Å²) in [6.45, 7) is 4.48. The maximum absolute atomic E-state index is 12.8. The van der Waals surface area contributed by atoms with Crippen molar-refractivity contribution in [1.82, 2.24) is 19.3 Å². The van der Waals surface area contributed by atoms with E-state index in [-0.39, 0.29) is 23.1 Å². The standard InChI is InChI=1S/C18H20N4O3S/c1-12-3-4-13(2)14(7-12)9-21-11-19-17-16(18(21)23)8-20-22(17)15-5-6-26(24,25)10-15/h3-4,7-8,11,15H,5-6,9-10H2,1-2H3. The minimum Gasteiger partial charge on any atom is -0.294 e. The van der Waals surface area contributed by atoms with E-state index < -0.39 is 9.84 Å². The fourth-order valence-corrected chi connectivity index (χ4v) is 5.16. The van der Waals surface area contributed by atoms with Crippen LogP contribution in [0.3, 0.4) is 0 Å². The van der Waals surface area contributed by atoms with E-state index in [1.807, 2.05) is 26.0 Å². The number of hydrogen-bond donors (Lipinski definition) is 0. The average Bonchev–Trinajstić information content (AvgIpc) is 3.16.